The van der Waals surface area contributed by atoms with Gasteiger partial charge in [-0.15, -0.1) is 0 Å². The van der Waals surface area contributed by atoms with Crippen molar-refractivity contribution in [3.8, 4) is 0 Å². The van der Waals surface area contributed by atoms with Crippen molar-refractivity contribution in [1.82, 2.24) is 5.32 Å². The molecule has 0 bridgehead atoms. The number of aliphatic hydroxyl groups is 1. The number of aliphatic hydroxyl groups excluding tert-OH is 1. The lowest BCUT2D eigenvalue weighted by Gasteiger charge is -2.13. The Bertz CT molecular complexity index is 499. The summed E-state index contributed by atoms with van der Waals surface area (Å²) in [7, 11) is 0. The number of benzene rings is 1. The van der Waals surface area contributed by atoms with Crippen molar-refractivity contribution in [2.24, 2.45) is 0 Å². The molecule has 108 valence electrons. The maximum Gasteiger partial charge on any atom is 0.326 e. The number of aliphatic carboxylic acids is 1. The number of carbonyl (C=O) groups excluding carboxylic acids is 1. The van der Waals surface area contributed by atoms with Crippen molar-refractivity contribution >= 4 is 17.6 Å². The molecular formula is C12H14N2O6. The molecule has 0 aliphatic heterocycles. The Morgan fingerprint density at radius 2 is 1.90 bits per heavy atom. The van der Waals surface area contributed by atoms with Gasteiger partial charge in [0.2, 0.25) is 5.91 Å². The van der Waals surface area contributed by atoms with Crippen molar-refractivity contribution in [3.05, 3.63) is 39.9 Å². The van der Waals surface area contributed by atoms with E-state index in [-0.39, 0.29) is 25.1 Å². The maximum absolute atomic E-state index is 11.6. The molecule has 0 saturated heterocycles. The number of non-ortho nitro benzene ring substituents is 1. The molecule has 0 aromatic heterocycles. The van der Waals surface area contributed by atoms with Crippen LogP contribution in [0.4, 0.5) is 5.69 Å². The number of amides is 1. The van der Waals surface area contributed by atoms with Gasteiger partial charge in [-0.05, 0) is 5.56 Å². The third kappa shape index (κ3) is 4.65. The second-order valence-electron chi connectivity index (χ2n) is 4.07. The maximum atomic E-state index is 11.6. The van der Waals surface area contributed by atoms with Crippen LogP contribution in [0.5, 0.6) is 0 Å². The van der Waals surface area contributed by atoms with Gasteiger partial charge in [0.25, 0.3) is 5.69 Å². The fourth-order valence-electron chi connectivity index (χ4n) is 1.55. The first-order valence-electron chi connectivity index (χ1n) is 5.80. The number of nitro benzene ring substituents is 1. The molecule has 1 aromatic carbocycles. The van der Waals surface area contributed by atoms with Crippen LogP contribution in [0.3, 0.4) is 0 Å². The van der Waals surface area contributed by atoms with Gasteiger partial charge in [0.05, 0.1) is 11.3 Å². The minimum absolute atomic E-state index is 0.0820. The van der Waals surface area contributed by atoms with Gasteiger partial charge in [0, 0.05) is 25.2 Å². The minimum atomic E-state index is -1.23. The standard InChI is InChI=1S/C12H14N2O6/c15-6-5-10(12(17)18)13-11(16)7-8-1-3-9(4-2-8)14(19)20/h1-4,10,15H,5-7H2,(H,13,16)(H,17,18)/t10-/m0/s1. The Labute approximate surface area is 114 Å². The molecular weight excluding hydrogens is 268 g/mol. The summed E-state index contributed by atoms with van der Waals surface area (Å²) < 4.78 is 0. The summed E-state index contributed by atoms with van der Waals surface area (Å²) in [6.07, 6.45) is -0.172. The fourth-order valence-corrected chi connectivity index (χ4v) is 1.55. The van der Waals surface area contributed by atoms with E-state index in [0.29, 0.717) is 5.56 Å². The zero-order valence-electron chi connectivity index (χ0n) is 10.5. The third-order valence-corrected chi connectivity index (χ3v) is 2.56. The van der Waals surface area contributed by atoms with E-state index in [9.17, 15) is 19.7 Å². The van der Waals surface area contributed by atoms with Crippen LogP contribution in [0, 0.1) is 10.1 Å². The minimum Gasteiger partial charge on any atom is -0.480 e. The predicted molar refractivity (Wildman–Crippen MR) is 68.1 cm³/mol. The first kappa shape index (κ1) is 15.6. The molecule has 0 radical (unpaired) electrons. The van der Waals surface area contributed by atoms with E-state index in [1.807, 2.05) is 0 Å². The Balaban J connectivity index is 2.61. The Hall–Kier alpha value is -2.48. The summed E-state index contributed by atoms with van der Waals surface area (Å²) in [5.41, 5.74) is 0.444. The largest absolute Gasteiger partial charge is 0.480 e. The first-order valence-corrected chi connectivity index (χ1v) is 5.80. The molecule has 20 heavy (non-hydrogen) atoms. The summed E-state index contributed by atoms with van der Waals surface area (Å²) in [4.78, 5) is 32.3. The summed E-state index contributed by atoms with van der Waals surface area (Å²) >= 11 is 0. The highest BCUT2D eigenvalue weighted by Gasteiger charge is 2.19. The lowest BCUT2D eigenvalue weighted by molar-refractivity contribution is -0.384. The second kappa shape index (κ2) is 7.19. The highest BCUT2D eigenvalue weighted by atomic mass is 16.6. The zero-order chi connectivity index (χ0) is 15.1. The van der Waals surface area contributed by atoms with Crippen molar-refractivity contribution in [2.45, 2.75) is 18.9 Å². The molecule has 1 rings (SSSR count). The van der Waals surface area contributed by atoms with Crippen LogP contribution in [0.1, 0.15) is 12.0 Å². The lowest BCUT2D eigenvalue weighted by atomic mass is 10.1. The van der Waals surface area contributed by atoms with Crippen LogP contribution in [0.15, 0.2) is 24.3 Å². The van der Waals surface area contributed by atoms with Crippen LogP contribution >= 0.6 is 0 Å². The number of carboxylic acid groups (broad SMARTS) is 1. The molecule has 0 fully saturated rings. The number of carbonyl (C=O) groups is 2. The topological polar surface area (TPSA) is 130 Å². The van der Waals surface area contributed by atoms with E-state index in [0.717, 1.165) is 0 Å². The molecule has 0 aliphatic rings. The van der Waals surface area contributed by atoms with Crippen molar-refractivity contribution in [1.29, 1.82) is 0 Å². The molecule has 0 spiro atoms. The van der Waals surface area contributed by atoms with E-state index >= 15 is 0 Å². The van der Waals surface area contributed by atoms with E-state index in [1.54, 1.807) is 0 Å². The van der Waals surface area contributed by atoms with Crippen molar-refractivity contribution in [2.75, 3.05) is 6.61 Å². The molecule has 1 atom stereocenters. The van der Waals surface area contributed by atoms with E-state index in [4.69, 9.17) is 10.2 Å². The molecule has 0 aliphatic carbocycles. The molecule has 0 saturated carbocycles. The van der Waals surface area contributed by atoms with Gasteiger partial charge < -0.3 is 15.5 Å². The number of rotatable bonds is 7. The fraction of sp³-hybridized carbons (Fsp3) is 0.333. The highest BCUT2D eigenvalue weighted by Crippen LogP contribution is 2.12. The SMILES string of the molecule is O=C(Cc1ccc([N+](=O)[O-])cc1)N[C@@H](CCO)C(=O)O. The van der Waals surface area contributed by atoms with Crippen LogP contribution in [0.25, 0.3) is 0 Å². The van der Waals surface area contributed by atoms with Gasteiger partial charge in [-0.25, -0.2) is 4.79 Å². The van der Waals surface area contributed by atoms with Gasteiger partial charge >= 0.3 is 5.97 Å². The number of nitro groups is 1. The third-order valence-electron chi connectivity index (χ3n) is 2.56. The van der Waals surface area contributed by atoms with E-state index < -0.39 is 22.8 Å². The van der Waals surface area contributed by atoms with Crippen molar-refractivity contribution < 1.29 is 24.7 Å². The Morgan fingerprint density at radius 3 is 2.35 bits per heavy atom. The van der Waals surface area contributed by atoms with Gasteiger partial charge in [-0.2, -0.15) is 0 Å². The Kier molecular flexibility index (Phi) is 5.60. The summed E-state index contributed by atoms with van der Waals surface area (Å²) in [5, 5.41) is 30.2. The predicted octanol–water partition coefficient (Wildman–Crippen LogP) is 0.0891. The first-order chi connectivity index (χ1) is 9.43. The number of carboxylic acids is 1. The molecule has 0 unspecified atom stereocenters. The molecule has 1 aromatic rings. The molecule has 8 heteroatoms. The molecule has 3 N–H and O–H groups in total. The average molecular weight is 282 g/mol. The second-order valence-corrected chi connectivity index (χ2v) is 4.07. The lowest BCUT2D eigenvalue weighted by Crippen LogP contribution is -2.42. The van der Waals surface area contributed by atoms with Crippen molar-refractivity contribution in [3.63, 3.8) is 0 Å². The number of nitrogens with one attached hydrogen (secondary N) is 1. The average Bonchev–Trinajstić information content (AvgIpc) is 2.38. The van der Waals surface area contributed by atoms with Crippen LogP contribution < -0.4 is 5.32 Å². The van der Waals surface area contributed by atoms with E-state index in [2.05, 4.69) is 5.32 Å². The highest BCUT2D eigenvalue weighted by molar-refractivity contribution is 5.84. The number of hydrogen-bond donors (Lipinski definition) is 3. The van der Waals surface area contributed by atoms with Crippen LogP contribution in [-0.4, -0.2) is 39.7 Å². The zero-order valence-corrected chi connectivity index (χ0v) is 10.5. The number of nitrogens with zero attached hydrogens (tertiary/aromatic N) is 1. The quantitative estimate of drug-likeness (QED) is 0.480. The summed E-state index contributed by atoms with van der Waals surface area (Å²) in [5.74, 6) is -1.75. The van der Waals surface area contributed by atoms with Gasteiger partial charge in [-0.1, -0.05) is 12.1 Å². The monoisotopic (exact) mass is 282 g/mol. The van der Waals surface area contributed by atoms with Crippen LogP contribution in [0.2, 0.25) is 0 Å². The smallest absolute Gasteiger partial charge is 0.326 e. The van der Waals surface area contributed by atoms with Gasteiger partial charge in [-0.3, -0.25) is 14.9 Å². The summed E-state index contributed by atoms with van der Waals surface area (Å²) in [6.45, 7) is -0.352. The number of hydrogen-bond acceptors (Lipinski definition) is 5. The molecule has 1 amide bonds. The summed E-state index contributed by atoms with van der Waals surface area (Å²) in [6, 6.07) is 4.25. The van der Waals surface area contributed by atoms with Crippen LogP contribution in [-0.2, 0) is 16.0 Å². The Morgan fingerprint density at radius 1 is 1.30 bits per heavy atom. The normalized spacial score (nSPS) is 11.7. The van der Waals surface area contributed by atoms with Gasteiger partial charge in [0.1, 0.15) is 6.04 Å². The molecule has 8 nitrogen and oxygen atoms in total. The van der Waals surface area contributed by atoms with Gasteiger partial charge in [0.15, 0.2) is 0 Å². The van der Waals surface area contributed by atoms with E-state index in [1.165, 1.54) is 24.3 Å². The molecule has 0 heterocycles.